The Bertz CT molecular complexity index is 284. The SMILES string of the molecule is CCC1CN(Cc2ccsc2)CCC1N. The average Bonchev–Trinajstić information content (AvgIpc) is 2.73. The molecule has 1 aliphatic heterocycles. The van der Waals surface area contributed by atoms with E-state index in [4.69, 9.17) is 5.73 Å². The van der Waals surface area contributed by atoms with Crippen LogP contribution in [0.3, 0.4) is 0 Å². The smallest absolute Gasteiger partial charge is 0.0242 e. The third-order valence-corrected chi connectivity index (χ3v) is 4.12. The van der Waals surface area contributed by atoms with Crippen molar-refractivity contribution < 1.29 is 0 Å². The second-order valence-corrected chi connectivity index (χ2v) is 5.27. The number of piperidine rings is 1. The molecule has 0 amide bonds. The predicted octanol–water partition coefficient (Wildman–Crippen LogP) is 2.31. The second-order valence-electron chi connectivity index (χ2n) is 4.49. The zero-order valence-corrected chi connectivity index (χ0v) is 10.2. The van der Waals surface area contributed by atoms with Gasteiger partial charge in [-0.25, -0.2) is 0 Å². The Labute approximate surface area is 96.1 Å². The molecule has 15 heavy (non-hydrogen) atoms. The van der Waals surface area contributed by atoms with Gasteiger partial charge in [-0.1, -0.05) is 13.3 Å². The lowest BCUT2D eigenvalue weighted by Gasteiger charge is -2.36. The molecule has 1 fully saturated rings. The van der Waals surface area contributed by atoms with Crippen molar-refractivity contribution in [2.24, 2.45) is 11.7 Å². The van der Waals surface area contributed by atoms with Crippen molar-refractivity contribution >= 4 is 11.3 Å². The van der Waals surface area contributed by atoms with Crippen LogP contribution in [0.4, 0.5) is 0 Å². The van der Waals surface area contributed by atoms with Gasteiger partial charge in [0.1, 0.15) is 0 Å². The van der Waals surface area contributed by atoms with Crippen molar-refractivity contribution in [1.82, 2.24) is 4.90 Å². The number of nitrogens with zero attached hydrogens (tertiary/aromatic N) is 1. The lowest BCUT2D eigenvalue weighted by Crippen LogP contribution is -2.46. The van der Waals surface area contributed by atoms with E-state index in [9.17, 15) is 0 Å². The Balaban J connectivity index is 1.89. The highest BCUT2D eigenvalue weighted by Gasteiger charge is 2.24. The predicted molar refractivity (Wildman–Crippen MR) is 66.0 cm³/mol. The highest BCUT2D eigenvalue weighted by atomic mass is 32.1. The quantitative estimate of drug-likeness (QED) is 0.853. The molecule has 0 aromatic carbocycles. The fraction of sp³-hybridized carbons (Fsp3) is 0.667. The van der Waals surface area contributed by atoms with Gasteiger partial charge in [0.25, 0.3) is 0 Å². The van der Waals surface area contributed by atoms with E-state index in [0.717, 1.165) is 19.5 Å². The summed E-state index contributed by atoms with van der Waals surface area (Å²) in [5, 5.41) is 4.40. The molecule has 0 spiro atoms. The molecule has 84 valence electrons. The van der Waals surface area contributed by atoms with Crippen LogP contribution >= 0.6 is 11.3 Å². The highest BCUT2D eigenvalue weighted by molar-refractivity contribution is 7.07. The molecule has 2 atom stereocenters. The summed E-state index contributed by atoms with van der Waals surface area (Å²) < 4.78 is 0. The topological polar surface area (TPSA) is 29.3 Å². The summed E-state index contributed by atoms with van der Waals surface area (Å²) in [4.78, 5) is 2.54. The molecule has 3 heteroatoms. The molecule has 2 N–H and O–H groups in total. The van der Waals surface area contributed by atoms with E-state index in [-0.39, 0.29) is 0 Å². The summed E-state index contributed by atoms with van der Waals surface area (Å²) in [6, 6.07) is 2.65. The molecule has 1 saturated heterocycles. The van der Waals surface area contributed by atoms with E-state index in [1.165, 1.54) is 18.5 Å². The Kier molecular flexibility index (Phi) is 3.78. The second kappa shape index (κ2) is 5.10. The van der Waals surface area contributed by atoms with Gasteiger partial charge in [-0.05, 0) is 41.3 Å². The van der Waals surface area contributed by atoms with E-state index >= 15 is 0 Å². The van der Waals surface area contributed by atoms with Crippen molar-refractivity contribution in [2.45, 2.75) is 32.4 Å². The van der Waals surface area contributed by atoms with Crippen molar-refractivity contribution in [2.75, 3.05) is 13.1 Å². The molecule has 0 radical (unpaired) electrons. The molecular formula is C12H20N2S. The monoisotopic (exact) mass is 224 g/mol. The van der Waals surface area contributed by atoms with Gasteiger partial charge in [0.05, 0.1) is 0 Å². The summed E-state index contributed by atoms with van der Waals surface area (Å²) in [5.41, 5.74) is 7.55. The van der Waals surface area contributed by atoms with Crippen LogP contribution in [0, 0.1) is 5.92 Å². The maximum Gasteiger partial charge on any atom is 0.0242 e. The Morgan fingerprint density at radius 3 is 3.13 bits per heavy atom. The average molecular weight is 224 g/mol. The maximum atomic E-state index is 6.10. The minimum atomic E-state index is 0.425. The highest BCUT2D eigenvalue weighted by Crippen LogP contribution is 2.20. The number of hydrogen-bond acceptors (Lipinski definition) is 3. The van der Waals surface area contributed by atoms with E-state index < -0.39 is 0 Å². The molecule has 0 aliphatic carbocycles. The van der Waals surface area contributed by atoms with Gasteiger partial charge in [0.2, 0.25) is 0 Å². The summed E-state index contributed by atoms with van der Waals surface area (Å²) in [7, 11) is 0. The lowest BCUT2D eigenvalue weighted by atomic mass is 9.90. The molecule has 0 bridgehead atoms. The van der Waals surface area contributed by atoms with E-state index in [0.29, 0.717) is 12.0 Å². The van der Waals surface area contributed by atoms with Crippen LogP contribution in [0.2, 0.25) is 0 Å². The number of thiophene rings is 1. The normalized spacial score (nSPS) is 28.1. The number of rotatable bonds is 3. The fourth-order valence-corrected chi connectivity index (χ4v) is 3.00. The third-order valence-electron chi connectivity index (χ3n) is 3.39. The lowest BCUT2D eigenvalue weighted by molar-refractivity contribution is 0.145. The van der Waals surface area contributed by atoms with Crippen molar-refractivity contribution in [3.63, 3.8) is 0 Å². The first-order chi connectivity index (χ1) is 7.29. The van der Waals surface area contributed by atoms with Crippen molar-refractivity contribution in [3.05, 3.63) is 22.4 Å². The summed E-state index contributed by atoms with van der Waals surface area (Å²) in [6.45, 7) is 5.69. The first-order valence-corrected chi connectivity index (χ1v) is 6.73. The number of hydrogen-bond donors (Lipinski definition) is 1. The van der Waals surface area contributed by atoms with Crippen LogP contribution in [0.25, 0.3) is 0 Å². The van der Waals surface area contributed by atoms with Crippen LogP contribution in [0.15, 0.2) is 16.8 Å². The first-order valence-electron chi connectivity index (χ1n) is 5.78. The summed E-state index contributed by atoms with van der Waals surface area (Å²) >= 11 is 1.78. The van der Waals surface area contributed by atoms with Crippen molar-refractivity contribution in [1.29, 1.82) is 0 Å². The maximum absolute atomic E-state index is 6.10. The Morgan fingerprint density at radius 2 is 2.47 bits per heavy atom. The standard InChI is InChI=1S/C12H20N2S/c1-2-11-8-14(5-3-12(11)13)7-10-4-6-15-9-10/h4,6,9,11-12H,2-3,5,7-8,13H2,1H3. The van der Waals surface area contributed by atoms with Gasteiger partial charge in [0.15, 0.2) is 0 Å². The third kappa shape index (κ3) is 2.80. The molecule has 1 aromatic heterocycles. The van der Waals surface area contributed by atoms with Gasteiger partial charge in [-0.2, -0.15) is 11.3 Å². The minimum absolute atomic E-state index is 0.425. The number of likely N-dealkylation sites (tertiary alicyclic amines) is 1. The largest absolute Gasteiger partial charge is 0.327 e. The zero-order chi connectivity index (χ0) is 10.7. The van der Waals surface area contributed by atoms with Gasteiger partial charge < -0.3 is 5.73 Å². The van der Waals surface area contributed by atoms with Gasteiger partial charge in [-0.3, -0.25) is 4.90 Å². The van der Waals surface area contributed by atoms with Crippen LogP contribution < -0.4 is 5.73 Å². The Morgan fingerprint density at radius 1 is 1.60 bits per heavy atom. The molecular weight excluding hydrogens is 204 g/mol. The van der Waals surface area contributed by atoms with Gasteiger partial charge in [0, 0.05) is 19.1 Å². The van der Waals surface area contributed by atoms with E-state index in [1.54, 1.807) is 11.3 Å². The molecule has 2 nitrogen and oxygen atoms in total. The number of nitrogens with two attached hydrogens (primary N) is 1. The summed E-state index contributed by atoms with van der Waals surface area (Å²) in [6.07, 6.45) is 2.37. The van der Waals surface area contributed by atoms with Crippen LogP contribution in [0.5, 0.6) is 0 Å². The minimum Gasteiger partial charge on any atom is -0.327 e. The molecule has 1 aromatic rings. The van der Waals surface area contributed by atoms with Gasteiger partial charge in [-0.15, -0.1) is 0 Å². The summed E-state index contributed by atoms with van der Waals surface area (Å²) in [5.74, 6) is 0.692. The van der Waals surface area contributed by atoms with Crippen LogP contribution in [-0.4, -0.2) is 24.0 Å². The van der Waals surface area contributed by atoms with Crippen LogP contribution in [0.1, 0.15) is 25.3 Å². The van der Waals surface area contributed by atoms with Gasteiger partial charge >= 0.3 is 0 Å². The van der Waals surface area contributed by atoms with E-state index in [2.05, 4.69) is 28.7 Å². The molecule has 2 unspecified atom stereocenters. The molecule has 2 heterocycles. The Hall–Kier alpha value is -0.380. The zero-order valence-electron chi connectivity index (χ0n) is 9.36. The molecule has 1 aliphatic rings. The van der Waals surface area contributed by atoms with Crippen molar-refractivity contribution in [3.8, 4) is 0 Å². The fourth-order valence-electron chi connectivity index (χ4n) is 2.34. The molecule has 2 rings (SSSR count). The van der Waals surface area contributed by atoms with E-state index in [1.807, 2.05) is 0 Å². The molecule has 0 saturated carbocycles. The van der Waals surface area contributed by atoms with Crippen LogP contribution in [-0.2, 0) is 6.54 Å². The first kappa shape index (κ1) is 11.1.